The van der Waals surface area contributed by atoms with E-state index in [0.717, 1.165) is 11.8 Å². The molecule has 2 aromatic carbocycles. The maximum Gasteiger partial charge on any atom is -0.0120 e. The zero-order valence-electron chi connectivity index (χ0n) is 11.4. The minimum Gasteiger partial charge on any atom is -0.0625 e. The lowest BCUT2D eigenvalue weighted by Gasteiger charge is -2.28. The van der Waals surface area contributed by atoms with E-state index in [9.17, 15) is 0 Å². The van der Waals surface area contributed by atoms with Crippen LogP contribution in [0.5, 0.6) is 0 Å². The van der Waals surface area contributed by atoms with Gasteiger partial charge in [-0.1, -0.05) is 56.2 Å². The van der Waals surface area contributed by atoms with Crippen molar-refractivity contribution in [2.45, 2.75) is 45.4 Å². The Labute approximate surface area is 110 Å². The summed E-state index contributed by atoms with van der Waals surface area (Å²) < 4.78 is 0. The van der Waals surface area contributed by atoms with E-state index in [1.807, 2.05) is 0 Å². The average molecular weight is 238 g/mol. The summed E-state index contributed by atoms with van der Waals surface area (Å²) in [5, 5.41) is 2.92. The van der Waals surface area contributed by atoms with Crippen LogP contribution < -0.4 is 0 Å². The van der Waals surface area contributed by atoms with Crippen LogP contribution in [-0.4, -0.2) is 0 Å². The van der Waals surface area contributed by atoms with E-state index in [1.165, 1.54) is 42.0 Å². The van der Waals surface area contributed by atoms with E-state index in [0.29, 0.717) is 0 Å². The molecule has 3 rings (SSSR count). The van der Waals surface area contributed by atoms with E-state index in [1.54, 1.807) is 5.56 Å². The standard InChI is InChI=1S/C18H22/c1-13-6-3-10-16(12-13)17-11-5-9-15-8-4-7-14(2)18(15)17/h4-5,7-9,11,13,16H,3,6,10,12H2,1-2H3. The molecule has 0 aromatic heterocycles. The minimum atomic E-state index is 0.776. The second-order valence-corrected chi connectivity index (χ2v) is 5.99. The Morgan fingerprint density at radius 2 is 1.78 bits per heavy atom. The molecule has 94 valence electrons. The fourth-order valence-electron chi connectivity index (χ4n) is 3.62. The summed E-state index contributed by atoms with van der Waals surface area (Å²) in [5.41, 5.74) is 3.03. The lowest BCUT2D eigenvalue weighted by molar-refractivity contribution is 0.345. The Morgan fingerprint density at radius 3 is 2.56 bits per heavy atom. The molecule has 0 amide bonds. The molecular weight excluding hydrogens is 216 g/mol. The van der Waals surface area contributed by atoms with Crippen molar-refractivity contribution in [3.8, 4) is 0 Å². The fourth-order valence-corrected chi connectivity index (χ4v) is 3.62. The van der Waals surface area contributed by atoms with Gasteiger partial charge >= 0.3 is 0 Å². The predicted molar refractivity (Wildman–Crippen MR) is 79.1 cm³/mol. The SMILES string of the molecule is Cc1cccc2cccc(C3CCCC(C)C3)c12. The Kier molecular flexibility index (Phi) is 3.11. The number of fused-ring (bicyclic) bond motifs is 1. The smallest absolute Gasteiger partial charge is 0.0120 e. The molecule has 0 bridgehead atoms. The van der Waals surface area contributed by atoms with Gasteiger partial charge < -0.3 is 0 Å². The molecule has 0 heteroatoms. The number of aryl methyl sites for hydroxylation is 1. The van der Waals surface area contributed by atoms with Crippen molar-refractivity contribution in [2.24, 2.45) is 5.92 Å². The topological polar surface area (TPSA) is 0 Å². The molecule has 2 unspecified atom stereocenters. The fraction of sp³-hybridized carbons (Fsp3) is 0.444. The van der Waals surface area contributed by atoms with Crippen molar-refractivity contribution in [3.63, 3.8) is 0 Å². The van der Waals surface area contributed by atoms with Crippen molar-refractivity contribution >= 4 is 10.8 Å². The van der Waals surface area contributed by atoms with Crippen LogP contribution in [0.4, 0.5) is 0 Å². The second kappa shape index (κ2) is 4.76. The second-order valence-electron chi connectivity index (χ2n) is 5.99. The lowest BCUT2D eigenvalue weighted by atomic mass is 9.77. The molecule has 1 fully saturated rings. The quantitative estimate of drug-likeness (QED) is 0.620. The maximum atomic E-state index is 2.41. The Hall–Kier alpha value is -1.30. The third kappa shape index (κ3) is 2.05. The Bertz CT molecular complexity index is 548. The largest absolute Gasteiger partial charge is 0.0625 e. The van der Waals surface area contributed by atoms with Gasteiger partial charge in [0.2, 0.25) is 0 Å². The molecular formula is C18H22. The van der Waals surface area contributed by atoms with Crippen LogP contribution >= 0.6 is 0 Å². The summed E-state index contributed by atoms with van der Waals surface area (Å²) in [6.45, 7) is 4.65. The van der Waals surface area contributed by atoms with Crippen LogP contribution in [0, 0.1) is 12.8 Å². The van der Waals surface area contributed by atoms with E-state index < -0.39 is 0 Å². The van der Waals surface area contributed by atoms with Gasteiger partial charge in [0.05, 0.1) is 0 Å². The van der Waals surface area contributed by atoms with Crippen LogP contribution in [0.3, 0.4) is 0 Å². The molecule has 1 aliphatic rings. The first kappa shape index (κ1) is 11.8. The molecule has 2 atom stereocenters. The van der Waals surface area contributed by atoms with Crippen LogP contribution in [0.15, 0.2) is 36.4 Å². The van der Waals surface area contributed by atoms with Gasteiger partial charge in [0.15, 0.2) is 0 Å². The molecule has 18 heavy (non-hydrogen) atoms. The van der Waals surface area contributed by atoms with Gasteiger partial charge in [-0.3, -0.25) is 0 Å². The molecule has 0 nitrogen and oxygen atoms in total. The third-order valence-corrected chi connectivity index (χ3v) is 4.52. The van der Waals surface area contributed by atoms with Crippen molar-refractivity contribution in [2.75, 3.05) is 0 Å². The molecule has 0 heterocycles. The van der Waals surface area contributed by atoms with Crippen LogP contribution in [-0.2, 0) is 0 Å². The number of hydrogen-bond donors (Lipinski definition) is 0. The normalized spacial score (nSPS) is 24.3. The van der Waals surface area contributed by atoms with E-state index in [4.69, 9.17) is 0 Å². The van der Waals surface area contributed by atoms with Crippen molar-refractivity contribution in [1.29, 1.82) is 0 Å². The monoisotopic (exact) mass is 238 g/mol. The van der Waals surface area contributed by atoms with E-state index >= 15 is 0 Å². The number of rotatable bonds is 1. The number of benzene rings is 2. The van der Waals surface area contributed by atoms with Crippen LogP contribution in [0.2, 0.25) is 0 Å². The first-order valence-corrected chi connectivity index (χ1v) is 7.24. The average Bonchev–Trinajstić information content (AvgIpc) is 2.38. The van der Waals surface area contributed by atoms with Crippen LogP contribution in [0.1, 0.15) is 49.7 Å². The Morgan fingerprint density at radius 1 is 1.00 bits per heavy atom. The van der Waals surface area contributed by atoms with Gasteiger partial charge in [0, 0.05) is 0 Å². The minimum absolute atomic E-state index is 0.776. The molecule has 0 spiro atoms. The van der Waals surface area contributed by atoms with Crippen molar-refractivity contribution < 1.29 is 0 Å². The summed E-state index contributed by atoms with van der Waals surface area (Å²) in [6.07, 6.45) is 5.56. The molecule has 0 N–H and O–H groups in total. The highest BCUT2D eigenvalue weighted by Gasteiger charge is 2.22. The zero-order valence-corrected chi connectivity index (χ0v) is 11.4. The molecule has 2 aromatic rings. The summed E-state index contributed by atoms with van der Waals surface area (Å²) in [7, 11) is 0. The van der Waals surface area contributed by atoms with E-state index in [2.05, 4.69) is 50.2 Å². The van der Waals surface area contributed by atoms with Crippen LogP contribution in [0.25, 0.3) is 10.8 Å². The van der Waals surface area contributed by atoms with Gasteiger partial charge in [0.1, 0.15) is 0 Å². The first-order valence-electron chi connectivity index (χ1n) is 7.24. The highest BCUT2D eigenvalue weighted by atomic mass is 14.3. The maximum absolute atomic E-state index is 2.41. The summed E-state index contributed by atoms with van der Waals surface area (Å²) in [4.78, 5) is 0. The lowest BCUT2D eigenvalue weighted by Crippen LogP contribution is -2.12. The number of hydrogen-bond acceptors (Lipinski definition) is 0. The molecule has 0 aliphatic heterocycles. The predicted octanol–water partition coefficient (Wildman–Crippen LogP) is 5.44. The third-order valence-electron chi connectivity index (χ3n) is 4.52. The highest BCUT2D eigenvalue weighted by molar-refractivity contribution is 5.89. The zero-order chi connectivity index (χ0) is 12.5. The van der Waals surface area contributed by atoms with Gasteiger partial charge in [-0.2, -0.15) is 0 Å². The van der Waals surface area contributed by atoms with E-state index in [-0.39, 0.29) is 0 Å². The first-order chi connectivity index (χ1) is 8.75. The summed E-state index contributed by atoms with van der Waals surface area (Å²) in [6, 6.07) is 13.5. The molecule has 0 saturated heterocycles. The van der Waals surface area contributed by atoms with Crippen molar-refractivity contribution in [3.05, 3.63) is 47.5 Å². The molecule has 1 saturated carbocycles. The van der Waals surface area contributed by atoms with Gasteiger partial charge in [-0.15, -0.1) is 0 Å². The summed E-state index contributed by atoms with van der Waals surface area (Å²) in [5.74, 6) is 1.67. The Balaban J connectivity index is 2.11. The summed E-state index contributed by atoms with van der Waals surface area (Å²) >= 11 is 0. The molecule has 0 radical (unpaired) electrons. The highest BCUT2D eigenvalue weighted by Crippen LogP contribution is 2.39. The van der Waals surface area contributed by atoms with Gasteiger partial charge in [0.25, 0.3) is 0 Å². The van der Waals surface area contributed by atoms with Gasteiger partial charge in [-0.05, 0) is 53.5 Å². The molecule has 1 aliphatic carbocycles. The van der Waals surface area contributed by atoms with Crippen molar-refractivity contribution in [1.82, 2.24) is 0 Å². The van der Waals surface area contributed by atoms with Gasteiger partial charge in [-0.25, -0.2) is 0 Å².